The van der Waals surface area contributed by atoms with Crippen LogP contribution in [0.1, 0.15) is 20.8 Å². The summed E-state index contributed by atoms with van der Waals surface area (Å²) in [7, 11) is -3.60. The Bertz CT molecular complexity index is 646. The topological polar surface area (TPSA) is 77.5 Å². The van der Waals surface area contributed by atoms with Gasteiger partial charge in [0.2, 0.25) is 0 Å². The average molecular weight is 324 g/mol. The lowest BCUT2D eigenvalue weighted by Gasteiger charge is -2.16. The lowest BCUT2D eigenvalue weighted by molar-refractivity contribution is -0.152. The first-order valence-electron chi connectivity index (χ1n) is 6.95. The number of ketones is 1. The van der Waals surface area contributed by atoms with Crippen molar-refractivity contribution in [1.82, 2.24) is 0 Å². The predicted octanol–water partition coefficient (Wildman–Crippen LogP) is 2.38. The molecule has 0 amide bonds. The highest BCUT2D eigenvalue weighted by atomic mass is 32.2. The van der Waals surface area contributed by atoms with Gasteiger partial charge in [-0.2, -0.15) is 0 Å². The third kappa shape index (κ3) is 4.80. The molecular formula is C16H20O5S. The van der Waals surface area contributed by atoms with Crippen LogP contribution in [-0.2, 0) is 24.2 Å². The van der Waals surface area contributed by atoms with Gasteiger partial charge >= 0.3 is 5.97 Å². The van der Waals surface area contributed by atoms with E-state index in [1.807, 2.05) is 0 Å². The molecule has 0 aliphatic heterocycles. The van der Waals surface area contributed by atoms with E-state index < -0.39 is 27.6 Å². The first-order valence-corrected chi connectivity index (χ1v) is 8.49. The van der Waals surface area contributed by atoms with E-state index in [2.05, 4.69) is 0 Å². The Morgan fingerprint density at radius 2 is 1.82 bits per heavy atom. The molecule has 120 valence electrons. The van der Waals surface area contributed by atoms with Gasteiger partial charge in [0.1, 0.15) is 11.7 Å². The van der Waals surface area contributed by atoms with E-state index in [0.717, 1.165) is 5.41 Å². The molecule has 1 aromatic carbocycles. The van der Waals surface area contributed by atoms with Crippen molar-refractivity contribution in [2.45, 2.75) is 25.7 Å². The molecule has 0 aromatic heterocycles. The zero-order valence-corrected chi connectivity index (χ0v) is 13.7. The van der Waals surface area contributed by atoms with Gasteiger partial charge in [-0.05, 0) is 31.9 Å². The first kappa shape index (κ1) is 18.1. The van der Waals surface area contributed by atoms with Crippen LogP contribution in [0.25, 0.3) is 0 Å². The molecule has 0 bridgehead atoms. The highest BCUT2D eigenvalue weighted by Gasteiger charge is 2.29. The van der Waals surface area contributed by atoms with Crippen molar-refractivity contribution in [3.8, 4) is 0 Å². The molecule has 2 unspecified atom stereocenters. The fraction of sp³-hybridized carbons (Fsp3) is 0.375. The van der Waals surface area contributed by atoms with Gasteiger partial charge in [-0.1, -0.05) is 31.2 Å². The van der Waals surface area contributed by atoms with Crippen molar-refractivity contribution in [1.29, 1.82) is 0 Å². The second-order valence-electron chi connectivity index (χ2n) is 4.89. The number of hydrogen-bond acceptors (Lipinski definition) is 5. The number of allylic oxidation sites excluding steroid dienone is 1. The quantitative estimate of drug-likeness (QED) is 0.568. The lowest BCUT2D eigenvalue weighted by Crippen LogP contribution is -2.29. The lowest BCUT2D eigenvalue weighted by atomic mass is 9.91. The molecule has 0 radical (unpaired) electrons. The van der Waals surface area contributed by atoms with E-state index in [1.54, 1.807) is 32.0 Å². The second kappa shape index (κ2) is 7.89. The van der Waals surface area contributed by atoms with E-state index in [9.17, 15) is 18.0 Å². The van der Waals surface area contributed by atoms with Crippen molar-refractivity contribution in [2.75, 3.05) is 6.61 Å². The fourth-order valence-electron chi connectivity index (χ4n) is 2.01. The predicted molar refractivity (Wildman–Crippen MR) is 82.7 cm³/mol. The molecular weight excluding hydrogens is 304 g/mol. The summed E-state index contributed by atoms with van der Waals surface area (Å²) in [4.78, 5) is 23.6. The van der Waals surface area contributed by atoms with E-state index in [-0.39, 0.29) is 17.3 Å². The molecule has 0 spiro atoms. The van der Waals surface area contributed by atoms with Gasteiger partial charge in [-0.15, -0.1) is 0 Å². The van der Waals surface area contributed by atoms with Crippen LogP contribution in [0, 0.1) is 11.8 Å². The third-order valence-electron chi connectivity index (χ3n) is 3.14. The smallest absolute Gasteiger partial charge is 0.317 e. The monoisotopic (exact) mass is 324 g/mol. The standard InChI is InChI=1S/C16H20O5S/c1-4-21-16(18)15(13(3)17)12(2)10-11-22(19,20)14-8-6-5-7-9-14/h5-12,15H,4H2,1-3H3/b11-10+. The number of Topliss-reactive ketones (excluding diaryl/α,β-unsaturated/α-hetero) is 1. The molecule has 1 aromatic rings. The van der Waals surface area contributed by atoms with Crippen LogP contribution < -0.4 is 0 Å². The average Bonchev–Trinajstić information content (AvgIpc) is 2.46. The minimum atomic E-state index is -3.60. The van der Waals surface area contributed by atoms with Crippen LogP contribution in [0.4, 0.5) is 0 Å². The molecule has 0 aliphatic carbocycles. The maximum atomic E-state index is 12.1. The van der Waals surface area contributed by atoms with Gasteiger partial charge in [0, 0.05) is 5.41 Å². The summed E-state index contributed by atoms with van der Waals surface area (Å²) >= 11 is 0. The number of ether oxygens (including phenoxy) is 1. The van der Waals surface area contributed by atoms with Crippen LogP contribution in [0.15, 0.2) is 46.7 Å². The van der Waals surface area contributed by atoms with Gasteiger partial charge in [0.15, 0.2) is 9.84 Å². The Morgan fingerprint density at radius 1 is 1.23 bits per heavy atom. The number of benzene rings is 1. The van der Waals surface area contributed by atoms with Crippen molar-refractivity contribution in [3.05, 3.63) is 41.8 Å². The second-order valence-corrected chi connectivity index (χ2v) is 6.72. The van der Waals surface area contributed by atoms with Crippen molar-refractivity contribution in [2.24, 2.45) is 11.8 Å². The normalized spacial score (nSPS) is 14.5. The molecule has 6 heteroatoms. The fourth-order valence-corrected chi connectivity index (χ4v) is 3.16. The van der Waals surface area contributed by atoms with Crippen molar-refractivity contribution in [3.63, 3.8) is 0 Å². The molecule has 0 N–H and O–H groups in total. The molecule has 0 heterocycles. The van der Waals surface area contributed by atoms with Gasteiger partial charge in [-0.25, -0.2) is 8.42 Å². The van der Waals surface area contributed by atoms with Crippen LogP contribution in [0.5, 0.6) is 0 Å². The number of hydrogen-bond donors (Lipinski definition) is 0. The van der Waals surface area contributed by atoms with E-state index in [4.69, 9.17) is 4.74 Å². The number of rotatable bonds is 7. The summed E-state index contributed by atoms with van der Waals surface area (Å²) in [6.07, 6.45) is 1.35. The van der Waals surface area contributed by atoms with Crippen LogP contribution in [0.2, 0.25) is 0 Å². The minimum Gasteiger partial charge on any atom is -0.465 e. The first-order chi connectivity index (χ1) is 10.3. The number of carbonyl (C=O) groups is 2. The molecule has 2 atom stereocenters. The van der Waals surface area contributed by atoms with Crippen LogP contribution in [0.3, 0.4) is 0 Å². The maximum Gasteiger partial charge on any atom is 0.317 e. The maximum absolute atomic E-state index is 12.1. The molecule has 22 heavy (non-hydrogen) atoms. The molecule has 0 saturated carbocycles. The molecule has 0 aliphatic rings. The van der Waals surface area contributed by atoms with E-state index in [0.29, 0.717) is 0 Å². The van der Waals surface area contributed by atoms with Crippen LogP contribution >= 0.6 is 0 Å². The number of sulfone groups is 1. The summed E-state index contributed by atoms with van der Waals surface area (Å²) in [5.74, 6) is -2.56. The Hall–Kier alpha value is -1.95. The van der Waals surface area contributed by atoms with Crippen LogP contribution in [-0.4, -0.2) is 26.8 Å². The van der Waals surface area contributed by atoms with E-state index in [1.165, 1.54) is 25.1 Å². The van der Waals surface area contributed by atoms with Gasteiger partial charge in [0.05, 0.1) is 11.5 Å². The Labute approximate surface area is 130 Å². The van der Waals surface area contributed by atoms with Crippen molar-refractivity contribution < 1.29 is 22.7 Å². The highest BCUT2D eigenvalue weighted by molar-refractivity contribution is 7.94. The molecule has 1 rings (SSSR count). The minimum absolute atomic E-state index is 0.161. The van der Waals surface area contributed by atoms with Gasteiger partial charge in [0.25, 0.3) is 0 Å². The summed E-state index contributed by atoms with van der Waals surface area (Å²) in [5, 5.41) is 1.03. The summed E-state index contributed by atoms with van der Waals surface area (Å²) < 4.78 is 29.1. The highest BCUT2D eigenvalue weighted by Crippen LogP contribution is 2.19. The number of esters is 1. The molecule has 5 nitrogen and oxygen atoms in total. The molecule has 0 saturated heterocycles. The zero-order valence-electron chi connectivity index (χ0n) is 12.9. The summed E-state index contributed by atoms with van der Waals surface area (Å²) in [5.41, 5.74) is 0. The molecule has 0 fully saturated rings. The summed E-state index contributed by atoms with van der Waals surface area (Å²) in [6, 6.07) is 7.94. The number of carbonyl (C=O) groups excluding carboxylic acids is 2. The van der Waals surface area contributed by atoms with E-state index >= 15 is 0 Å². The van der Waals surface area contributed by atoms with Gasteiger partial charge in [-0.3, -0.25) is 9.59 Å². The summed E-state index contributed by atoms with van der Waals surface area (Å²) in [6.45, 7) is 4.72. The van der Waals surface area contributed by atoms with Gasteiger partial charge < -0.3 is 4.74 Å². The van der Waals surface area contributed by atoms with Crippen molar-refractivity contribution >= 4 is 21.6 Å². The Kier molecular flexibility index (Phi) is 6.49. The SMILES string of the molecule is CCOC(=O)C(C(C)=O)C(C)/C=C/S(=O)(=O)c1ccccc1. The largest absolute Gasteiger partial charge is 0.465 e. The Balaban J connectivity index is 2.96. The Morgan fingerprint density at radius 3 is 2.32 bits per heavy atom. The third-order valence-corrected chi connectivity index (χ3v) is 4.58. The zero-order chi connectivity index (χ0) is 16.8.